The van der Waals surface area contributed by atoms with Crippen molar-refractivity contribution in [1.82, 2.24) is 0 Å². The van der Waals surface area contributed by atoms with E-state index < -0.39 is 0 Å². The third-order valence-corrected chi connectivity index (χ3v) is 2.70. The molecule has 0 saturated carbocycles. The van der Waals surface area contributed by atoms with E-state index in [1.807, 2.05) is 0 Å². The monoisotopic (exact) mass is 262 g/mol. The van der Waals surface area contributed by atoms with Crippen molar-refractivity contribution in [3.8, 4) is 0 Å². The molecule has 0 saturated heterocycles. The Morgan fingerprint density at radius 3 is 2.93 bits per heavy atom. The molecule has 0 heterocycles. The van der Waals surface area contributed by atoms with Gasteiger partial charge in [0.25, 0.3) is 0 Å². The lowest BCUT2D eigenvalue weighted by Gasteiger charge is -2.11. The molecule has 1 unspecified atom stereocenters. The van der Waals surface area contributed by atoms with Crippen molar-refractivity contribution in [2.24, 2.45) is 0 Å². The van der Waals surface area contributed by atoms with Crippen LogP contribution in [0, 0.1) is 5.82 Å². The molecule has 14 heavy (non-hydrogen) atoms. The number of halogens is 2. The average Bonchev–Trinajstić information content (AvgIpc) is 2.20. The molecular formula is C10H12BrFO2. The van der Waals surface area contributed by atoms with Crippen LogP contribution < -0.4 is 0 Å². The zero-order valence-corrected chi connectivity index (χ0v) is 9.42. The van der Waals surface area contributed by atoms with Gasteiger partial charge in [0.15, 0.2) is 0 Å². The van der Waals surface area contributed by atoms with Crippen molar-refractivity contribution in [2.75, 3.05) is 6.61 Å². The molecule has 0 radical (unpaired) electrons. The van der Waals surface area contributed by atoms with Crippen LogP contribution in [0.3, 0.4) is 0 Å². The van der Waals surface area contributed by atoms with E-state index >= 15 is 0 Å². The normalized spacial score (nSPS) is 12.9. The maximum absolute atomic E-state index is 13.0. The summed E-state index contributed by atoms with van der Waals surface area (Å²) in [5.41, 5.74) is 0.741. The molecule has 1 rings (SSSR count). The van der Waals surface area contributed by atoms with E-state index in [1.165, 1.54) is 6.07 Å². The first kappa shape index (κ1) is 11.6. The summed E-state index contributed by atoms with van der Waals surface area (Å²) in [5.74, 6) is -0.303. The van der Waals surface area contributed by atoms with Gasteiger partial charge in [-0.1, -0.05) is 12.1 Å². The molecule has 0 aliphatic carbocycles. The summed E-state index contributed by atoms with van der Waals surface area (Å²) in [4.78, 5) is 0. The van der Waals surface area contributed by atoms with Gasteiger partial charge in [0, 0.05) is 0 Å². The highest BCUT2D eigenvalue weighted by atomic mass is 79.9. The van der Waals surface area contributed by atoms with Gasteiger partial charge in [-0.25, -0.2) is 4.39 Å². The summed E-state index contributed by atoms with van der Waals surface area (Å²) in [6, 6.07) is 4.78. The molecule has 1 aromatic rings. The fraction of sp³-hybridized carbons (Fsp3) is 0.400. The number of hydrogen-bond acceptors (Lipinski definition) is 2. The van der Waals surface area contributed by atoms with Crippen molar-refractivity contribution < 1.29 is 14.2 Å². The van der Waals surface area contributed by atoms with E-state index in [9.17, 15) is 4.39 Å². The number of rotatable bonds is 4. The standard InChI is InChI=1S/C10H12BrFO2/c1-7(5-13)14-6-8-3-2-4-9(12)10(8)11/h2-4,7,13H,5-6H2,1H3. The predicted octanol–water partition coefficient (Wildman–Crippen LogP) is 2.49. The Labute approximate surface area is 90.8 Å². The molecule has 4 heteroatoms. The van der Waals surface area contributed by atoms with Gasteiger partial charge in [-0.2, -0.15) is 0 Å². The molecule has 0 aliphatic rings. The average molecular weight is 263 g/mol. The van der Waals surface area contributed by atoms with Crippen LogP contribution in [0.5, 0.6) is 0 Å². The molecule has 0 aliphatic heterocycles. The molecule has 0 bridgehead atoms. The topological polar surface area (TPSA) is 29.5 Å². The number of aliphatic hydroxyl groups excluding tert-OH is 1. The van der Waals surface area contributed by atoms with E-state index in [0.717, 1.165) is 5.56 Å². The van der Waals surface area contributed by atoms with Crippen LogP contribution >= 0.6 is 15.9 Å². The maximum Gasteiger partial charge on any atom is 0.137 e. The zero-order chi connectivity index (χ0) is 10.6. The van der Waals surface area contributed by atoms with E-state index in [4.69, 9.17) is 9.84 Å². The molecule has 1 N–H and O–H groups in total. The van der Waals surface area contributed by atoms with E-state index in [1.54, 1.807) is 19.1 Å². The molecule has 0 spiro atoms. The van der Waals surface area contributed by atoms with Crippen LogP contribution in [0.1, 0.15) is 12.5 Å². The summed E-state index contributed by atoms with van der Waals surface area (Å²) in [5, 5.41) is 8.73. The molecule has 0 fully saturated rings. The highest BCUT2D eigenvalue weighted by Crippen LogP contribution is 2.21. The second-order valence-electron chi connectivity index (χ2n) is 3.02. The molecule has 78 valence electrons. The van der Waals surface area contributed by atoms with Gasteiger partial charge in [0.05, 0.1) is 23.8 Å². The van der Waals surface area contributed by atoms with Crippen LogP contribution in [0.2, 0.25) is 0 Å². The summed E-state index contributed by atoms with van der Waals surface area (Å²) in [7, 11) is 0. The largest absolute Gasteiger partial charge is 0.394 e. The number of aliphatic hydroxyl groups is 1. The van der Waals surface area contributed by atoms with Gasteiger partial charge < -0.3 is 9.84 Å². The van der Waals surface area contributed by atoms with Gasteiger partial charge in [0.2, 0.25) is 0 Å². The Bertz CT molecular complexity index is 304. The quantitative estimate of drug-likeness (QED) is 0.904. The molecule has 0 amide bonds. The summed E-state index contributed by atoms with van der Waals surface area (Å²) >= 11 is 3.13. The Kier molecular flexibility index (Phi) is 4.51. The molecule has 1 aromatic carbocycles. The van der Waals surface area contributed by atoms with Crippen molar-refractivity contribution >= 4 is 15.9 Å². The van der Waals surface area contributed by atoms with Crippen molar-refractivity contribution in [3.05, 3.63) is 34.1 Å². The van der Waals surface area contributed by atoms with Gasteiger partial charge in [0.1, 0.15) is 5.82 Å². The minimum absolute atomic E-state index is 0.0348. The lowest BCUT2D eigenvalue weighted by Crippen LogP contribution is -2.12. The maximum atomic E-state index is 13.0. The number of benzene rings is 1. The second-order valence-corrected chi connectivity index (χ2v) is 3.81. The SMILES string of the molecule is CC(CO)OCc1cccc(F)c1Br. The second kappa shape index (κ2) is 5.44. The predicted molar refractivity (Wildman–Crippen MR) is 55.4 cm³/mol. The molecular weight excluding hydrogens is 251 g/mol. The minimum atomic E-state index is -0.303. The first-order valence-corrected chi connectivity index (χ1v) is 5.09. The van der Waals surface area contributed by atoms with Gasteiger partial charge in [-0.15, -0.1) is 0 Å². The van der Waals surface area contributed by atoms with Crippen molar-refractivity contribution in [3.63, 3.8) is 0 Å². The van der Waals surface area contributed by atoms with E-state index in [-0.39, 0.29) is 18.5 Å². The number of hydrogen-bond donors (Lipinski definition) is 1. The zero-order valence-electron chi connectivity index (χ0n) is 7.84. The molecule has 0 aromatic heterocycles. The first-order valence-electron chi connectivity index (χ1n) is 4.30. The Morgan fingerprint density at radius 2 is 2.29 bits per heavy atom. The van der Waals surface area contributed by atoms with Crippen LogP contribution in [0.4, 0.5) is 4.39 Å². The van der Waals surface area contributed by atoms with Gasteiger partial charge in [-0.05, 0) is 34.5 Å². The Hall–Kier alpha value is -0.450. The molecule has 2 nitrogen and oxygen atoms in total. The third kappa shape index (κ3) is 3.04. The first-order chi connectivity index (χ1) is 6.65. The van der Waals surface area contributed by atoms with E-state index in [0.29, 0.717) is 11.1 Å². The summed E-state index contributed by atoms with van der Waals surface area (Å²) in [6.45, 7) is 2.01. The third-order valence-electron chi connectivity index (χ3n) is 1.81. The smallest absolute Gasteiger partial charge is 0.137 e. The van der Waals surface area contributed by atoms with Crippen molar-refractivity contribution in [2.45, 2.75) is 19.6 Å². The Morgan fingerprint density at radius 1 is 1.57 bits per heavy atom. The van der Waals surface area contributed by atoms with Gasteiger partial charge in [-0.3, -0.25) is 0 Å². The van der Waals surface area contributed by atoms with E-state index in [2.05, 4.69) is 15.9 Å². The van der Waals surface area contributed by atoms with Crippen LogP contribution in [0.15, 0.2) is 22.7 Å². The fourth-order valence-corrected chi connectivity index (χ4v) is 1.32. The Balaban J connectivity index is 2.63. The minimum Gasteiger partial charge on any atom is -0.394 e. The fourth-order valence-electron chi connectivity index (χ4n) is 0.945. The summed E-state index contributed by atoms with van der Waals surface area (Å²) < 4.78 is 18.7. The summed E-state index contributed by atoms with van der Waals surface area (Å²) in [6.07, 6.45) is -0.231. The number of ether oxygens (including phenoxy) is 1. The van der Waals surface area contributed by atoms with Crippen molar-refractivity contribution in [1.29, 1.82) is 0 Å². The highest BCUT2D eigenvalue weighted by molar-refractivity contribution is 9.10. The van der Waals surface area contributed by atoms with Crippen LogP contribution in [-0.2, 0) is 11.3 Å². The lowest BCUT2D eigenvalue weighted by molar-refractivity contribution is 0.0141. The highest BCUT2D eigenvalue weighted by Gasteiger charge is 2.06. The van der Waals surface area contributed by atoms with Gasteiger partial charge >= 0.3 is 0 Å². The van der Waals surface area contributed by atoms with Crippen LogP contribution in [-0.4, -0.2) is 17.8 Å². The van der Waals surface area contributed by atoms with Crippen LogP contribution in [0.25, 0.3) is 0 Å². The molecule has 1 atom stereocenters. The lowest BCUT2D eigenvalue weighted by atomic mass is 10.2.